The van der Waals surface area contributed by atoms with Gasteiger partial charge in [-0.1, -0.05) is 30.3 Å². The minimum atomic E-state index is -0.465. The van der Waals surface area contributed by atoms with Crippen molar-refractivity contribution in [3.05, 3.63) is 65.5 Å². The molecule has 5 heteroatoms. The van der Waals surface area contributed by atoms with Crippen LogP contribution in [0.2, 0.25) is 0 Å². The van der Waals surface area contributed by atoms with Crippen molar-refractivity contribution in [3.8, 4) is 0 Å². The van der Waals surface area contributed by atoms with Crippen molar-refractivity contribution in [2.45, 2.75) is 18.8 Å². The van der Waals surface area contributed by atoms with Crippen molar-refractivity contribution in [2.24, 2.45) is 0 Å². The fourth-order valence-corrected chi connectivity index (χ4v) is 2.75. The summed E-state index contributed by atoms with van der Waals surface area (Å²) < 4.78 is 12.8. The van der Waals surface area contributed by atoms with Crippen LogP contribution in [0.15, 0.2) is 48.5 Å². The van der Waals surface area contributed by atoms with Gasteiger partial charge in [-0.15, -0.1) is 0 Å². The molecule has 0 aromatic heterocycles. The lowest BCUT2D eigenvalue weighted by molar-refractivity contribution is -0.126. The molecule has 0 radical (unpaired) electrons. The fourth-order valence-electron chi connectivity index (χ4n) is 2.75. The Balaban J connectivity index is 1.62. The van der Waals surface area contributed by atoms with Crippen LogP contribution in [0.3, 0.4) is 0 Å². The molecule has 4 nitrogen and oxygen atoms in total. The number of carbonyl (C=O) groups excluding carboxylic acids is 2. The molecule has 1 aliphatic rings. The van der Waals surface area contributed by atoms with Gasteiger partial charge in [0, 0.05) is 18.7 Å². The summed E-state index contributed by atoms with van der Waals surface area (Å²) in [5.74, 6) is -1.05. The maximum Gasteiger partial charge on any atom is 0.228 e. The van der Waals surface area contributed by atoms with E-state index >= 15 is 0 Å². The third kappa shape index (κ3) is 3.56. The zero-order valence-corrected chi connectivity index (χ0v) is 12.5. The van der Waals surface area contributed by atoms with Gasteiger partial charge >= 0.3 is 0 Å². The SMILES string of the molecule is O=C1CC(C(=O)NCCc2ccc(F)cc2)c2ccccc2N1. The number of fused-ring (bicyclic) bond motifs is 1. The molecule has 0 saturated carbocycles. The normalized spacial score (nSPS) is 16.4. The molecule has 1 heterocycles. The number of hydrogen-bond acceptors (Lipinski definition) is 2. The number of anilines is 1. The van der Waals surface area contributed by atoms with E-state index in [9.17, 15) is 14.0 Å². The maximum atomic E-state index is 12.8. The Bertz CT molecular complexity index is 728. The lowest BCUT2D eigenvalue weighted by atomic mass is 9.90. The first-order chi connectivity index (χ1) is 11.1. The van der Waals surface area contributed by atoms with E-state index in [1.165, 1.54) is 12.1 Å². The van der Waals surface area contributed by atoms with Gasteiger partial charge in [0.25, 0.3) is 0 Å². The lowest BCUT2D eigenvalue weighted by Gasteiger charge is -2.24. The zero-order chi connectivity index (χ0) is 16.2. The molecule has 1 atom stereocenters. The van der Waals surface area contributed by atoms with Crippen molar-refractivity contribution in [1.82, 2.24) is 5.32 Å². The van der Waals surface area contributed by atoms with E-state index < -0.39 is 5.92 Å². The Morgan fingerprint density at radius 2 is 1.91 bits per heavy atom. The Kier molecular flexibility index (Phi) is 4.37. The van der Waals surface area contributed by atoms with Gasteiger partial charge in [0.05, 0.1) is 5.92 Å². The second kappa shape index (κ2) is 6.60. The summed E-state index contributed by atoms with van der Waals surface area (Å²) in [5.41, 5.74) is 2.49. The molecule has 2 aromatic carbocycles. The smallest absolute Gasteiger partial charge is 0.228 e. The minimum absolute atomic E-state index is 0.151. The molecule has 0 aliphatic carbocycles. The zero-order valence-electron chi connectivity index (χ0n) is 12.5. The van der Waals surface area contributed by atoms with Crippen molar-refractivity contribution in [2.75, 3.05) is 11.9 Å². The van der Waals surface area contributed by atoms with E-state index in [0.29, 0.717) is 18.7 Å². The summed E-state index contributed by atoms with van der Waals surface area (Å²) in [5, 5.41) is 5.64. The lowest BCUT2D eigenvalue weighted by Crippen LogP contribution is -2.35. The van der Waals surface area contributed by atoms with Gasteiger partial charge in [0.15, 0.2) is 0 Å². The largest absolute Gasteiger partial charge is 0.355 e. The van der Waals surface area contributed by atoms with Gasteiger partial charge in [-0.3, -0.25) is 9.59 Å². The maximum absolute atomic E-state index is 12.8. The summed E-state index contributed by atoms with van der Waals surface area (Å²) in [7, 11) is 0. The molecule has 2 aromatic rings. The molecule has 0 saturated heterocycles. The Morgan fingerprint density at radius 1 is 1.17 bits per heavy atom. The predicted octanol–water partition coefficient (Wildman–Crippen LogP) is 2.61. The number of para-hydroxylation sites is 1. The van der Waals surface area contributed by atoms with Crippen LogP contribution in [0, 0.1) is 5.82 Å². The highest BCUT2D eigenvalue weighted by Crippen LogP contribution is 2.31. The van der Waals surface area contributed by atoms with Gasteiger partial charge in [-0.05, 0) is 35.7 Å². The standard InChI is InChI=1S/C18H17FN2O2/c19-13-7-5-12(6-8-13)9-10-20-18(23)15-11-17(22)21-16-4-2-1-3-14(15)16/h1-8,15H,9-11H2,(H,20,23)(H,21,22). The number of nitrogens with one attached hydrogen (secondary N) is 2. The Morgan fingerprint density at radius 3 is 2.70 bits per heavy atom. The topological polar surface area (TPSA) is 58.2 Å². The fraction of sp³-hybridized carbons (Fsp3) is 0.222. The highest BCUT2D eigenvalue weighted by atomic mass is 19.1. The van der Waals surface area contributed by atoms with E-state index in [4.69, 9.17) is 0 Å². The van der Waals surface area contributed by atoms with E-state index in [1.807, 2.05) is 18.2 Å². The second-order valence-corrected chi connectivity index (χ2v) is 5.56. The Labute approximate surface area is 133 Å². The van der Waals surface area contributed by atoms with Gasteiger partial charge in [-0.2, -0.15) is 0 Å². The molecule has 1 unspecified atom stereocenters. The van der Waals surface area contributed by atoms with Crippen LogP contribution in [0.5, 0.6) is 0 Å². The van der Waals surface area contributed by atoms with Crippen LogP contribution in [0.1, 0.15) is 23.5 Å². The van der Waals surface area contributed by atoms with E-state index in [1.54, 1.807) is 18.2 Å². The van der Waals surface area contributed by atoms with Crippen molar-refractivity contribution >= 4 is 17.5 Å². The third-order valence-electron chi connectivity index (χ3n) is 3.94. The number of rotatable bonds is 4. The molecular formula is C18H17FN2O2. The quantitative estimate of drug-likeness (QED) is 0.912. The van der Waals surface area contributed by atoms with Crippen molar-refractivity contribution in [1.29, 1.82) is 0 Å². The molecule has 0 spiro atoms. The van der Waals surface area contributed by atoms with Gasteiger partial charge in [0.2, 0.25) is 11.8 Å². The van der Waals surface area contributed by atoms with Gasteiger partial charge in [-0.25, -0.2) is 4.39 Å². The first kappa shape index (κ1) is 15.2. The van der Waals surface area contributed by atoms with Crippen molar-refractivity contribution in [3.63, 3.8) is 0 Å². The summed E-state index contributed by atoms with van der Waals surface area (Å²) in [4.78, 5) is 24.1. The number of amides is 2. The highest BCUT2D eigenvalue weighted by molar-refractivity contribution is 6.01. The summed E-state index contributed by atoms with van der Waals surface area (Å²) in [6.07, 6.45) is 0.770. The molecule has 118 valence electrons. The van der Waals surface area contributed by atoms with Crippen LogP contribution in [-0.2, 0) is 16.0 Å². The third-order valence-corrected chi connectivity index (χ3v) is 3.94. The van der Waals surface area contributed by atoms with E-state index in [-0.39, 0.29) is 24.1 Å². The first-order valence-electron chi connectivity index (χ1n) is 7.54. The van der Waals surface area contributed by atoms with Gasteiger partial charge in [0.1, 0.15) is 5.82 Å². The van der Waals surface area contributed by atoms with Crippen LogP contribution in [-0.4, -0.2) is 18.4 Å². The van der Waals surface area contributed by atoms with Crippen LogP contribution < -0.4 is 10.6 Å². The summed E-state index contributed by atoms with van der Waals surface area (Å²) in [6.45, 7) is 0.449. The van der Waals surface area contributed by atoms with Crippen LogP contribution in [0.25, 0.3) is 0 Å². The number of benzene rings is 2. The van der Waals surface area contributed by atoms with E-state index in [0.717, 1.165) is 11.1 Å². The van der Waals surface area contributed by atoms with Crippen LogP contribution in [0.4, 0.5) is 10.1 Å². The molecule has 3 rings (SSSR count). The Hall–Kier alpha value is -2.69. The molecule has 2 N–H and O–H groups in total. The monoisotopic (exact) mass is 312 g/mol. The van der Waals surface area contributed by atoms with Gasteiger partial charge < -0.3 is 10.6 Å². The number of halogens is 1. The van der Waals surface area contributed by atoms with E-state index in [2.05, 4.69) is 10.6 Å². The minimum Gasteiger partial charge on any atom is -0.355 e. The molecule has 0 fully saturated rings. The highest BCUT2D eigenvalue weighted by Gasteiger charge is 2.29. The number of hydrogen-bond donors (Lipinski definition) is 2. The predicted molar refractivity (Wildman–Crippen MR) is 85.5 cm³/mol. The average Bonchev–Trinajstić information content (AvgIpc) is 2.55. The summed E-state index contributed by atoms with van der Waals surface area (Å²) in [6, 6.07) is 13.5. The molecule has 2 amide bonds. The summed E-state index contributed by atoms with van der Waals surface area (Å²) >= 11 is 0. The first-order valence-corrected chi connectivity index (χ1v) is 7.54. The molecular weight excluding hydrogens is 295 g/mol. The molecule has 1 aliphatic heterocycles. The molecule has 0 bridgehead atoms. The average molecular weight is 312 g/mol. The second-order valence-electron chi connectivity index (χ2n) is 5.56. The number of carbonyl (C=O) groups is 2. The van der Waals surface area contributed by atoms with Crippen molar-refractivity contribution < 1.29 is 14.0 Å². The molecule has 23 heavy (non-hydrogen) atoms. The van der Waals surface area contributed by atoms with Crippen LogP contribution >= 0.6 is 0 Å².